The summed E-state index contributed by atoms with van der Waals surface area (Å²) < 4.78 is 0. The van der Waals surface area contributed by atoms with Crippen LogP contribution in [0.1, 0.15) is 18.4 Å². The van der Waals surface area contributed by atoms with E-state index in [0.717, 1.165) is 32.5 Å². The normalized spacial score (nSPS) is 15.9. The maximum Gasteiger partial charge on any atom is 0.145 e. The first-order valence-corrected chi connectivity index (χ1v) is 6.84. The van der Waals surface area contributed by atoms with Gasteiger partial charge in [-0.25, -0.2) is 0 Å². The summed E-state index contributed by atoms with van der Waals surface area (Å²) in [6, 6.07) is 14.6. The molecule has 1 aromatic rings. The van der Waals surface area contributed by atoms with Gasteiger partial charge in [-0.05, 0) is 18.4 Å². The SMILES string of the molecule is N#CC(C#N)=CNC1CCN(Cc2ccccc2)CC1. The van der Waals surface area contributed by atoms with Gasteiger partial charge in [-0.3, -0.25) is 4.90 Å². The number of rotatable bonds is 4. The Morgan fingerprint density at radius 3 is 2.45 bits per heavy atom. The topological polar surface area (TPSA) is 62.9 Å². The Morgan fingerprint density at radius 1 is 1.20 bits per heavy atom. The van der Waals surface area contributed by atoms with Crippen LogP contribution < -0.4 is 5.32 Å². The molecule has 2 rings (SSSR count). The van der Waals surface area contributed by atoms with E-state index >= 15 is 0 Å². The van der Waals surface area contributed by atoms with E-state index < -0.39 is 0 Å². The molecular formula is C16H18N4. The van der Waals surface area contributed by atoms with E-state index in [-0.39, 0.29) is 5.57 Å². The molecule has 0 atom stereocenters. The Labute approximate surface area is 119 Å². The molecule has 0 bridgehead atoms. The van der Waals surface area contributed by atoms with Crippen LogP contribution in [-0.4, -0.2) is 24.0 Å². The van der Waals surface area contributed by atoms with Crippen molar-refractivity contribution in [3.8, 4) is 12.1 Å². The zero-order chi connectivity index (χ0) is 14.2. The number of nitrogens with one attached hydrogen (secondary N) is 1. The van der Waals surface area contributed by atoms with Crippen molar-refractivity contribution >= 4 is 0 Å². The number of hydrogen-bond acceptors (Lipinski definition) is 4. The molecule has 102 valence electrons. The van der Waals surface area contributed by atoms with E-state index in [9.17, 15) is 0 Å². The van der Waals surface area contributed by atoms with E-state index in [1.54, 1.807) is 0 Å². The van der Waals surface area contributed by atoms with Gasteiger partial charge in [0.25, 0.3) is 0 Å². The number of hydrogen-bond donors (Lipinski definition) is 1. The second-order valence-electron chi connectivity index (χ2n) is 4.98. The number of piperidine rings is 1. The predicted molar refractivity (Wildman–Crippen MR) is 77.2 cm³/mol. The lowest BCUT2D eigenvalue weighted by Crippen LogP contribution is -2.40. The average molecular weight is 266 g/mol. The summed E-state index contributed by atoms with van der Waals surface area (Å²) in [5.41, 5.74) is 1.48. The Morgan fingerprint density at radius 2 is 1.85 bits per heavy atom. The van der Waals surface area contributed by atoms with Crippen LogP contribution in [0.2, 0.25) is 0 Å². The van der Waals surface area contributed by atoms with E-state index in [2.05, 4.69) is 34.5 Å². The molecule has 1 aliphatic rings. The summed E-state index contributed by atoms with van der Waals surface area (Å²) in [4.78, 5) is 2.44. The molecule has 0 saturated carbocycles. The number of nitriles is 2. The Kier molecular flexibility index (Phi) is 5.17. The maximum absolute atomic E-state index is 8.67. The lowest BCUT2D eigenvalue weighted by atomic mass is 10.0. The molecule has 4 heteroatoms. The van der Waals surface area contributed by atoms with Crippen molar-refractivity contribution in [3.63, 3.8) is 0 Å². The Bertz CT molecular complexity index is 512. The minimum absolute atomic E-state index is 0.136. The van der Waals surface area contributed by atoms with Gasteiger partial charge >= 0.3 is 0 Å². The Balaban J connectivity index is 1.77. The number of allylic oxidation sites excluding steroid dienone is 1. The van der Waals surface area contributed by atoms with Crippen molar-refractivity contribution in [1.29, 1.82) is 10.5 Å². The van der Waals surface area contributed by atoms with Crippen LogP contribution in [0, 0.1) is 22.7 Å². The van der Waals surface area contributed by atoms with Gasteiger partial charge in [-0.2, -0.15) is 10.5 Å². The molecule has 4 nitrogen and oxygen atoms in total. The van der Waals surface area contributed by atoms with Gasteiger partial charge < -0.3 is 5.32 Å². The highest BCUT2D eigenvalue weighted by Gasteiger charge is 2.18. The van der Waals surface area contributed by atoms with Crippen molar-refractivity contribution in [2.24, 2.45) is 0 Å². The fraction of sp³-hybridized carbons (Fsp3) is 0.375. The molecule has 1 aromatic carbocycles. The van der Waals surface area contributed by atoms with Gasteiger partial charge in [-0.1, -0.05) is 30.3 Å². The van der Waals surface area contributed by atoms with Gasteiger partial charge in [0.05, 0.1) is 0 Å². The molecule has 0 aromatic heterocycles. The molecular weight excluding hydrogens is 248 g/mol. The van der Waals surface area contributed by atoms with Crippen LogP contribution >= 0.6 is 0 Å². The maximum atomic E-state index is 8.67. The summed E-state index contributed by atoms with van der Waals surface area (Å²) in [5, 5.41) is 20.5. The second kappa shape index (κ2) is 7.33. The molecule has 0 radical (unpaired) electrons. The highest BCUT2D eigenvalue weighted by Crippen LogP contribution is 2.13. The molecule has 1 N–H and O–H groups in total. The minimum atomic E-state index is 0.136. The highest BCUT2D eigenvalue weighted by atomic mass is 15.1. The highest BCUT2D eigenvalue weighted by molar-refractivity contribution is 5.34. The lowest BCUT2D eigenvalue weighted by molar-refractivity contribution is 0.197. The molecule has 1 heterocycles. The molecule has 1 aliphatic heterocycles. The van der Waals surface area contributed by atoms with E-state index in [1.807, 2.05) is 18.2 Å². The predicted octanol–water partition coefficient (Wildman–Crippen LogP) is 2.17. The Hall–Kier alpha value is -2.30. The summed E-state index contributed by atoms with van der Waals surface area (Å²) >= 11 is 0. The first-order valence-electron chi connectivity index (χ1n) is 6.84. The number of nitrogens with zero attached hydrogens (tertiary/aromatic N) is 3. The molecule has 0 unspecified atom stereocenters. The largest absolute Gasteiger partial charge is 0.386 e. The van der Waals surface area contributed by atoms with Crippen molar-refractivity contribution < 1.29 is 0 Å². The van der Waals surface area contributed by atoms with Gasteiger partial charge in [0.2, 0.25) is 0 Å². The third-order valence-corrected chi connectivity index (χ3v) is 3.54. The third-order valence-electron chi connectivity index (χ3n) is 3.54. The quantitative estimate of drug-likeness (QED) is 0.848. The minimum Gasteiger partial charge on any atom is -0.386 e. The van der Waals surface area contributed by atoms with Crippen molar-refractivity contribution in [2.45, 2.75) is 25.4 Å². The smallest absolute Gasteiger partial charge is 0.145 e. The van der Waals surface area contributed by atoms with Crippen LogP contribution in [0.15, 0.2) is 42.1 Å². The van der Waals surface area contributed by atoms with E-state index in [4.69, 9.17) is 10.5 Å². The van der Waals surface area contributed by atoms with Gasteiger partial charge in [0.15, 0.2) is 0 Å². The van der Waals surface area contributed by atoms with E-state index in [0.29, 0.717) is 6.04 Å². The van der Waals surface area contributed by atoms with Crippen molar-refractivity contribution in [2.75, 3.05) is 13.1 Å². The number of likely N-dealkylation sites (tertiary alicyclic amines) is 1. The van der Waals surface area contributed by atoms with Gasteiger partial charge in [0, 0.05) is 31.9 Å². The molecule has 1 saturated heterocycles. The van der Waals surface area contributed by atoms with Crippen LogP contribution in [-0.2, 0) is 6.54 Å². The molecule has 0 aliphatic carbocycles. The molecule has 0 spiro atoms. The third kappa shape index (κ3) is 4.12. The van der Waals surface area contributed by atoms with Gasteiger partial charge in [-0.15, -0.1) is 0 Å². The fourth-order valence-electron chi connectivity index (χ4n) is 2.39. The first-order chi connectivity index (χ1) is 9.81. The summed E-state index contributed by atoms with van der Waals surface area (Å²) in [5.74, 6) is 0. The number of benzene rings is 1. The fourth-order valence-corrected chi connectivity index (χ4v) is 2.39. The second-order valence-corrected chi connectivity index (χ2v) is 4.98. The van der Waals surface area contributed by atoms with Crippen LogP contribution in [0.5, 0.6) is 0 Å². The standard InChI is InChI=1S/C16H18N4/c17-10-15(11-18)12-19-16-6-8-20(9-7-16)13-14-4-2-1-3-5-14/h1-5,12,16,19H,6-9,13H2. The van der Waals surface area contributed by atoms with Crippen LogP contribution in [0.3, 0.4) is 0 Å². The lowest BCUT2D eigenvalue weighted by Gasteiger charge is -2.32. The van der Waals surface area contributed by atoms with Crippen molar-refractivity contribution in [3.05, 3.63) is 47.7 Å². The van der Waals surface area contributed by atoms with E-state index in [1.165, 1.54) is 11.8 Å². The average Bonchev–Trinajstić information content (AvgIpc) is 2.51. The molecule has 0 amide bonds. The first kappa shape index (κ1) is 14.1. The van der Waals surface area contributed by atoms with Gasteiger partial charge in [0.1, 0.15) is 17.7 Å². The molecule has 1 fully saturated rings. The van der Waals surface area contributed by atoms with Crippen LogP contribution in [0.4, 0.5) is 0 Å². The zero-order valence-electron chi connectivity index (χ0n) is 11.4. The summed E-state index contributed by atoms with van der Waals surface area (Å²) in [7, 11) is 0. The van der Waals surface area contributed by atoms with Crippen LogP contribution in [0.25, 0.3) is 0 Å². The monoisotopic (exact) mass is 266 g/mol. The molecule has 20 heavy (non-hydrogen) atoms. The summed E-state index contributed by atoms with van der Waals surface area (Å²) in [6.07, 6.45) is 3.61. The summed E-state index contributed by atoms with van der Waals surface area (Å²) in [6.45, 7) is 3.06. The zero-order valence-corrected chi connectivity index (χ0v) is 11.4. The van der Waals surface area contributed by atoms with Crippen molar-refractivity contribution in [1.82, 2.24) is 10.2 Å².